The number of phenolic OH excluding ortho intramolecular Hbond substituents is 2. The number of unbranched alkanes of at least 4 members (excludes halogenated alkanes) is 6. The minimum Gasteiger partial charge on any atom is -0.506 e. The van der Waals surface area contributed by atoms with E-state index in [2.05, 4.69) is 0 Å². The summed E-state index contributed by atoms with van der Waals surface area (Å²) < 4.78 is 64.8. The second-order valence-corrected chi connectivity index (χ2v) is 15.8. The maximum absolute atomic E-state index is 13.7. The number of carbonyl (C=O) groups is 4. The number of aromatic hydroxyl groups is 2. The van der Waals surface area contributed by atoms with E-state index in [0.29, 0.717) is 38.5 Å². The Morgan fingerprint density at radius 2 is 0.958 bits per heavy atom. The van der Waals surface area contributed by atoms with Gasteiger partial charge in [0.1, 0.15) is 11.5 Å². The van der Waals surface area contributed by atoms with Crippen molar-refractivity contribution in [3.63, 3.8) is 0 Å². The van der Waals surface area contributed by atoms with Crippen LogP contribution in [0.4, 0.5) is 0 Å². The van der Waals surface area contributed by atoms with Crippen molar-refractivity contribution in [3.8, 4) is 11.5 Å². The third kappa shape index (κ3) is 8.04. The Morgan fingerprint density at radius 1 is 0.604 bits per heavy atom. The average molecular weight is 703 g/mol. The van der Waals surface area contributed by atoms with Crippen molar-refractivity contribution >= 4 is 54.0 Å². The number of benzene rings is 3. The van der Waals surface area contributed by atoms with E-state index >= 15 is 0 Å². The van der Waals surface area contributed by atoms with Crippen LogP contribution in [0, 0.1) is 0 Å². The Kier molecular flexibility index (Phi) is 11.6. The molecule has 0 spiro atoms. The van der Waals surface area contributed by atoms with E-state index in [4.69, 9.17) is 9.47 Å². The molecule has 0 aliphatic heterocycles. The number of hydrogen-bond donors (Lipinski definition) is 2. The summed E-state index contributed by atoms with van der Waals surface area (Å²) in [4.78, 5) is 47.6. The minimum absolute atomic E-state index is 0.00217. The van der Waals surface area contributed by atoms with Crippen LogP contribution in [0.15, 0.2) is 46.2 Å². The molecular formula is C34H38O12S2. The molecule has 0 unspecified atom stereocenters. The Bertz CT molecular complexity index is 1840. The molecule has 0 amide bonds. The second-order valence-electron chi connectivity index (χ2n) is 11.6. The molecule has 1 aliphatic carbocycles. The van der Waals surface area contributed by atoms with Gasteiger partial charge < -0.3 is 19.7 Å². The maximum Gasteiger partial charge on any atom is 0.302 e. The standard InChI is InChI=1S/C34H38O12S2/c1-21(35)45-15-9-3-5-11-17-47(41,42)27-19-25-26(20-28(27)48(43,44)18-12-6-4-10-16-46-22(2)36)34(40)30-29(33(25)39)31(37)23-13-7-8-14-24(23)32(30)38/h7-8,13-14,19-20,39-40H,3-6,9-12,15-18H2,1-2H3. The smallest absolute Gasteiger partial charge is 0.302 e. The normalized spacial score (nSPS) is 12.9. The van der Waals surface area contributed by atoms with Gasteiger partial charge in [0.25, 0.3) is 0 Å². The third-order valence-electron chi connectivity index (χ3n) is 8.08. The number of sulfone groups is 2. The molecule has 12 nitrogen and oxygen atoms in total. The molecule has 48 heavy (non-hydrogen) atoms. The van der Waals surface area contributed by atoms with E-state index in [9.17, 15) is 46.2 Å². The number of hydrogen-bond acceptors (Lipinski definition) is 12. The Labute approximate surface area is 278 Å². The Morgan fingerprint density at radius 3 is 1.31 bits per heavy atom. The largest absolute Gasteiger partial charge is 0.506 e. The molecule has 0 radical (unpaired) electrons. The van der Waals surface area contributed by atoms with Crippen LogP contribution in [0.3, 0.4) is 0 Å². The summed E-state index contributed by atoms with van der Waals surface area (Å²) >= 11 is 0. The van der Waals surface area contributed by atoms with Gasteiger partial charge in [0, 0.05) is 35.7 Å². The molecule has 14 heteroatoms. The van der Waals surface area contributed by atoms with Crippen LogP contribution in [-0.4, -0.2) is 75.3 Å². The molecule has 3 aromatic carbocycles. The van der Waals surface area contributed by atoms with Gasteiger partial charge in [-0.05, 0) is 37.8 Å². The molecule has 4 rings (SSSR count). The number of fused-ring (bicyclic) bond motifs is 3. The van der Waals surface area contributed by atoms with E-state index in [1.54, 1.807) is 0 Å². The van der Waals surface area contributed by atoms with Crippen LogP contribution in [-0.2, 0) is 38.7 Å². The van der Waals surface area contributed by atoms with Crippen molar-refractivity contribution in [2.24, 2.45) is 0 Å². The predicted molar refractivity (Wildman–Crippen MR) is 175 cm³/mol. The third-order valence-corrected chi connectivity index (χ3v) is 11.9. The van der Waals surface area contributed by atoms with Crippen molar-refractivity contribution < 1.29 is 55.7 Å². The maximum atomic E-state index is 13.7. The Balaban J connectivity index is 1.73. The van der Waals surface area contributed by atoms with Gasteiger partial charge in [-0.3, -0.25) is 19.2 Å². The topological polar surface area (TPSA) is 195 Å². The molecule has 2 N–H and O–H groups in total. The van der Waals surface area contributed by atoms with Crippen molar-refractivity contribution in [1.29, 1.82) is 0 Å². The van der Waals surface area contributed by atoms with Crippen LogP contribution in [0.2, 0.25) is 0 Å². The quantitative estimate of drug-likeness (QED) is 0.0919. The lowest BCUT2D eigenvalue weighted by Gasteiger charge is -2.22. The molecule has 0 bridgehead atoms. The summed E-state index contributed by atoms with van der Waals surface area (Å²) in [5.74, 6) is -4.71. The highest BCUT2D eigenvalue weighted by Crippen LogP contribution is 2.46. The molecule has 0 atom stereocenters. The monoisotopic (exact) mass is 702 g/mol. The molecule has 0 heterocycles. The van der Waals surface area contributed by atoms with Gasteiger partial charge in [0.2, 0.25) is 0 Å². The fourth-order valence-corrected chi connectivity index (χ4v) is 9.38. The highest BCUT2D eigenvalue weighted by atomic mass is 32.2. The highest BCUT2D eigenvalue weighted by molar-refractivity contribution is 7.94. The first-order chi connectivity index (χ1) is 22.7. The first-order valence-electron chi connectivity index (χ1n) is 15.6. The van der Waals surface area contributed by atoms with Crippen molar-refractivity contribution in [3.05, 3.63) is 58.7 Å². The van der Waals surface area contributed by atoms with E-state index in [0.717, 1.165) is 12.1 Å². The second kappa shape index (κ2) is 15.3. The summed E-state index contributed by atoms with van der Waals surface area (Å²) in [6.45, 7) is 2.95. The molecule has 0 saturated carbocycles. The average Bonchev–Trinajstić information content (AvgIpc) is 3.03. The van der Waals surface area contributed by atoms with Crippen LogP contribution in [0.25, 0.3) is 10.8 Å². The van der Waals surface area contributed by atoms with Gasteiger partial charge in [-0.1, -0.05) is 49.9 Å². The van der Waals surface area contributed by atoms with Gasteiger partial charge in [-0.25, -0.2) is 16.8 Å². The Hall–Kier alpha value is -4.30. The number of rotatable bonds is 16. The molecule has 1 aliphatic rings. The molecule has 3 aromatic rings. The zero-order valence-corrected chi connectivity index (χ0v) is 28.4. The number of esters is 2. The van der Waals surface area contributed by atoms with Gasteiger partial charge in [0.15, 0.2) is 31.2 Å². The number of phenols is 2. The fourth-order valence-electron chi connectivity index (χ4n) is 5.68. The summed E-state index contributed by atoms with van der Waals surface area (Å²) in [5.41, 5.74) is -0.997. The van der Waals surface area contributed by atoms with E-state index in [-0.39, 0.29) is 48.0 Å². The molecule has 0 aromatic heterocycles. The zero-order chi connectivity index (χ0) is 35.2. The SMILES string of the molecule is CC(=O)OCCCCCCS(=O)(=O)c1cc2c(O)c3c(c(O)c2cc1S(=O)(=O)CCCCCCOC(C)=O)C(=O)c1ccccc1C3=O. The lowest BCUT2D eigenvalue weighted by molar-refractivity contribution is -0.142. The minimum atomic E-state index is -4.30. The first-order valence-corrected chi connectivity index (χ1v) is 18.9. The van der Waals surface area contributed by atoms with E-state index in [1.165, 1.54) is 38.1 Å². The first kappa shape index (κ1) is 36.5. The van der Waals surface area contributed by atoms with Crippen molar-refractivity contribution in [2.75, 3.05) is 24.7 Å². The van der Waals surface area contributed by atoms with Crippen LogP contribution >= 0.6 is 0 Å². The molecule has 258 valence electrons. The van der Waals surface area contributed by atoms with Crippen LogP contribution in [0.1, 0.15) is 97.1 Å². The summed E-state index contributed by atoms with van der Waals surface area (Å²) in [6, 6.07) is 7.76. The predicted octanol–water partition coefficient (Wildman–Crippen LogP) is 4.82. The lowest BCUT2D eigenvalue weighted by atomic mass is 9.81. The fraction of sp³-hybridized carbons (Fsp3) is 0.412. The van der Waals surface area contributed by atoms with Gasteiger partial charge >= 0.3 is 11.9 Å². The van der Waals surface area contributed by atoms with Crippen molar-refractivity contribution in [2.45, 2.75) is 75.0 Å². The van der Waals surface area contributed by atoms with Gasteiger partial charge in [0.05, 0.1) is 45.6 Å². The summed E-state index contributed by atoms with van der Waals surface area (Å²) in [5, 5.41) is 22.1. The number of carbonyl (C=O) groups excluding carboxylic acids is 4. The van der Waals surface area contributed by atoms with Crippen LogP contribution in [0.5, 0.6) is 11.5 Å². The highest BCUT2D eigenvalue weighted by Gasteiger charge is 2.37. The van der Waals surface area contributed by atoms with E-state index < -0.39 is 87.1 Å². The van der Waals surface area contributed by atoms with E-state index in [1.807, 2.05) is 0 Å². The van der Waals surface area contributed by atoms with Crippen molar-refractivity contribution in [1.82, 2.24) is 0 Å². The van der Waals surface area contributed by atoms with Gasteiger partial charge in [-0.2, -0.15) is 0 Å². The zero-order valence-electron chi connectivity index (χ0n) is 26.7. The van der Waals surface area contributed by atoms with Crippen LogP contribution < -0.4 is 0 Å². The number of ketones is 2. The number of ether oxygens (including phenoxy) is 2. The summed E-state index contributed by atoms with van der Waals surface area (Å²) in [6.07, 6.45) is 3.36. The van der Waals surface area contributed by atoms with Gasteiger partial charge in [-0.15, -0.1) is 0 Å². The summed E-state index contributed by atoms with van der Waals surface area (Å²) in [7, 11) is -8.61. The molecule has 0 saturated heterocycles. The molecular weight excluding hydrogens is 664 g/mol. The lowest BCUT2D eigenvalue weighted by Crippen LogP contribution is -2.21. The molecule has 0 fully saturated rings.